The van der Waals surface area contributed by atoms with Crippen molar-refractivity contribution in [1.82, 2.24) is 14.9 Å². The van der Waals surface area contributed by atoms with Gasteiger partial charge in [0.25, 0.3) is 0 Å². The number of hydrogen-bond acceptors (Lipinski definition) is 3. The number of hydrogen-bond donors (Lipinski definition) is 1. The molecule has 0 aliphatic carbocycles. The first-order valence-electron chi connectivity index (χ1n) is 6.42. The van der Waals surface area contributed by atoms with Crippen LogP contribution in [0, 0.1) is 13.8 Å². The van der Waals surface area contributed by atoms with Crippen molar-refractivity contribution in [3.8, 4) is 0 Å². The van der Waals surface area contributed by atoms with E-state index in [1.165, 1.54) is 15.3 Å². The Morgan fingerprint density at radius 1 is 1.44 bits per heavy atom. The highest BCUT2D eigenvalue weighted by Crippen LogP contribution is 2.29. The second kappa shape index (κ2) is 5.67. The van der Waals surface area contributed by atoms with Crippen molar-refractivity contribution in [3.63, 3.8) is 0 Å². The second-order valence-electron chi connectivity index (χ2n) is 4.59. The third-order valence-electron chi connectivity index (χ3n) is 3.23. The van der Waals surface area contributed by atoms with E-state index in [9.17, 15) is 0 Å². The van der Waals surface area contributed by atoms with Crippen molar-refractivity contribution in [2.75, 3.05) is 7.05 Å². The van der Waals surface area contributed by atoms with Gasteiger partial charge >= 0.3 is 0 Å². The summed E-state index contributed by atoms with van der Waals surface area (Å²) in [5.41, 5.74) is 1.36. The average molecular weight is 263 g/mol. The predicted molar refractivity (Wildman–Crippen MR) is 77.2 cm³/mol. The van der Waals surface area contributed by atoms with Gasteiger partial charge in [0.2, 0.25) is 0 Å². The first-order chi connectivity index (χ1) is 8.67. The zero-order valence-electron chi connectivity index (χ0n) is 11.5. The maximum absolute atomic E-state index is 4.53. The number of nitrogens with zero attached hydrogens (tertiary/aromatic N) is 2. The number of aryl methyl sites for hydroxylation is 3. The molecule has 0 aliphatic heterocycles. The monoisotopic (exact) mass is 263 g/mol. The lowest BCUT2D eigenvalue weighted by Gasteiger charge is -2.16. The Kier molecular flexibility index (Phi) is 4.19. The van der Waals surface area contributed by atoms with Crippen molar-refractivity contribution in [2.24, 2.45) is 0 Å². The molecule has 0 fully saturated rings. The van der Waals surface area contributed by atoms with Crippen LogP contribution in [0.4, 0.5) is 0 Å². The highest BCUT2D eigenvalue weighted by molar-refractivity contribution is 7.12. The van der Waals surface area contributed by atoms with Crippen molar-refractivity contribution in [3.05, 3.63) is 39.6 Å². The fourth-order valence-electron chi connectivity index (χ4n) is 2.15. The Morgan fingerprint density at radius 2 is 2.22 bits per heavy atom. The summed E-state index contributed by atoms with van der Waals surface area (Å²) in [5, 5.41) is 3.39. The highest BCUT2D eigenvalue weighted by Gasteiger charge is 2.19. The van der Waals surface area contributed by atoms with Crippen LogP contribution in [0.1, 0.15) is 40.5 Å². The van der Waals surface area contributed by atoms with E-state index in [0.717, 1.165) is 18.8 Å². The molecule has 2 aromatic heterocycles. The Hall–Kier alpha value is -1.13. The molecule has 0 saturated carbocycles. The molecule has 1 unspecified atom stereocenters. The van der Waals surface area contributed by atoms with Crippen LogP contribution in [-0.2, 0) is 6.54 Å². The van der Waals surface area contributed by atoms with E-state index in [1.807, 2.05) is 24.6 Å². The van der Waals surface area contributed by atoms with Gasteiger partial charge in [-0.2, -0.15) is 0 Å². The van der Waals surface area contributed by atoms with E-state index >= 15 is 0 Å². The second-order valence-corrected chi connectivity index (χ2v) is 5.88. The summed E-state index contributed by atoms with van der Waals surface area (Å²) in [6.07, 6.45) is 5.08. The van der Waals surface area contributed by atoms with Gasteiger partial charge in [0.15, 0.2) is 0 Å². The van der Waals surface area contributed by atoms with Gasteiger partial charge in [-0.3, -0.25) is 0 Å². The van der Waals surface area contributed by atoms with Gasteiger partial charge in [-0.1, -0.05) is 6.92 Å². The van der Waals surface area contributed by atoms with Crippen LogP contribution in [-0.4, -0.2) is 16.6 Å². The molecule has 2 heterocycles. The molecule has 0 aliphatic rings. The van der Waals surface area contributed by atoms with Crippen LogP contribution in [0.2, 0.25) is 0 Å². The third kappa shape index (κ3) is 2.49. The van der Waals surface area contributed by atoms with Crippen LogP contribution in [0.25, 0.3) is 0 Å². The quantitative estimate of drug-likeness (QED) is 0.897. The van der Waals surface area contributed by atoms with Gasteiger partial charge in [0, 0.05) is 28.7 Å². The molecule has 0 saturated heterocycles. The van der Waals surface area contributed by atoms with Crippen LogP contribution in [0.3, 0.4) is 0 Å². The Bertz CT molecular complexity index is 493. The van der Waals surface area contributed by atoms with Crippen LogP contribution < -0.4 is 5.32 Å². The van der Waals surface area contributed by atoms with Crippen molar-refractivity contribution in [2.45, 2.75) is 39.8 Å². The topological polar surface area (TPSA) is 29.9 Å². The predicted octanol–water partition coefficient (Wildman–Crippen LogP) is 3.28. The van der Waals surface area contributed by atoms with E-state index in [0.29, 0.717) is 0 Å². The zero-order chi connectivity index (χ0) is 13.1. The summed E-state index contributed by atoms with van der Waals surface area (Å²) < 4.78 is 2.24. The number of aromatic nitrogens is 2. The molecule has 18 heavy (non-hydrogen) atoms. The first-order valence-corrected chi connectivity index (χ1v) is 7.24. The van der Waals surface area contributed by atoms with Crippen LogP contribution >= 0.6 is 11.3 Å². The summed E-state index contributed by atoms with van der Waals surface area (Å²) in [7, 11) is 2.00. The lowest BCUT2D eigenvalue weighted by Crippen LogP contribution is -2.21. The molecule has 1 atom stereocenters. The third-order valence-corrected chi connectivity index (χ3v) is 4.45. The molecule has 4 heteroatoms. The average Bonchev–Trinajstić information content (AvgIpc) is 2.90. The van der Waals surface area contributed by atoms with Crippen LogP contribution in [0.5, 0.6) is 0 Å². The smallest absolute Gasteiger partial charge is 0.131 e. The van der Waals surface area contributed by atoms with E-state index in [2.05, 4.69) is 47.9 Å². The van der Waals surface area contributed by atoms with Crippen molar-refractivity contribution >= 4 is 11.3 Å². The minimum Gasteiger partial charge on any atom is -0.333 e. The van der Waals surface area contributed by atoms with E-state index in [1.54, 1.807) is 0 Å². The van der Waals surface area contributed by atoms with Crippen molar-refractivity contribution in [1.29, 1.82) is 0 Å². The minimum atomic E-state index is 0.198. The van der Waals surface area contributed by atoms with Gasteiger partial charge in [-0.05, 0) is 38.9 Å². The summed E-state index contributed by atoms with van der Waals surface area (Å²) in [4.78, 5) is 7.26. The number of imidazole rings is 1. The normalized spacial score (nSPS) is 12.9. The van der Waals surface area contributed by atoms with Gasteiger partial charge in [0.1, 0.15) is 11.9 Å². The Balaban J connectivity index is 2.35. The number of thiophene rings is 1. The fraction of sp³-hybridized carbons (Fsp3) is 0.500. The highest BCUT2D eigenvalue weighted by atomic mass is 32.1. The lowest BCUT2D eigenvalue weighted by molar-refractivity contribution is 0.573. The maximum Gasteiger partial charge on any atom is 0.131 e. The summed E-state index contributed by atoms with van der Waals surface area (Å²) >= 11 is 1.86. The molecule has 0 radical (unpaired) electrons. The SMILES string of the molecule is CCCn1ccnc1C(NC)c1cc(C)c(C)s1. The first kappa shape index (κ1) is 13.3. The van der Waals surface area contributed by atoms with Gasteiger partial charge in [-0.25, -0.2) is 4.98 Å². The van der Waals surface area contributed by atoms with Gasteiger partial charge in [-0.15, -0.1) is 11.3 Å². The largest absolute Gasteiger partial charge is 0.333 e. The Labute approximate surface area is 113 Å². The van der Waals surface area contributed by atoms with Crippen molar-refractivity contribution < 1.29 is 0 Å². The fourth-order valence-corrected chi connectivity index (χ4v) is 3.30. The minimum absolute atomic E-state index is 0.198. The molecule has 0 bridgehead atoms. The molecular formula is C14H21N3S. The molecular weight excluding hydrogens is 242 g/mol. The molecule has 0 amide bonds. The van der Waals surface area contributed by atoms with Gasteiger partial charge in [0.05, 0.1) is 0 Å². The van der Waals surface area contributed by atoms with Crippen LogP contribution in [0.15, 0.2) is 18.5 Å². The molecule has 2 aromatic rings. The summed E-state index contributed by atoms with van der Waals surface area (Å²) in [6.45, 7) is 7.56. The standard InChI is InChI=1S/C14H21N3S/c1-5-7-17-8-6-16-14(17)13(15-4)12-9-10(2)11(3)18-12/h6,8-9,13,15H,5,7H2,1-4H3. The molecule has 98 valence electrons. The number of nitrogens with one attached hydrogen (secondary N) is 1. The molecule has 2 rings (SSSR count). The molecule has 1 N–H and O–H groups in total. The van der Waals surface area contributed by atoms with E-state index < -0.39 is 0 Å². The zero-order valence-corrected chi connectivity index (χ0v) is 12.3. The molecule has 3 nitrogen and oxygen atoms in total. The van der Waals surface area contributed by atoms with Gasteiger partial charge < -0.3 is 9.88 Å². The number of rotatable bonds is 5. The Morgan fingerprint density at radius 3 is 2.78 bits per heavy atom. The molecule has 0 aromatic carbocycles. The summed E-state index contributed by atoms with van der Waals surface area (Å²) in [5.74, 6) is 1.11. The van der Waals surface area contributed by atoms with E-state index in [-0.39, 0.29) is 6.04 Å². The summed E-state index contributed by atoms with van der Waals surface area (Å²) in [6, 6.07) is 2.47. The lowest BCUT2D eigenvalue weighted by atomic mass is 10.2. The maximum atomic E-state index is 4.53. The molecule has 0 spiro atoms. The van der Waals surface area contributed by atoms with E-state index in [4.69, 9.17) is 0 Å².